The summed E-state index contributed by atoms with van der Waals surface area (Å²) in [6.07, 6.45) is 0.912. The second-order valence-corrected chi connectivity index (χ2v) is 9.62. The highest BCUT2D eigenvalue weighted by Gasteiger charge is 2.44. The molecule has 4 aromatic rings. The maximum absolute atomic E-state index is 13.8. The van der Waals surface area contributed by atoms with E-state index < -0.39 is 6.04 Å². The highest BCUT2D eigenvalue weighted by atomic mass is 16.5. The first-order valence-corrected chi connectivity index (χ1v) is 12.9. The van der Waals surface area contributed by atoms with Crippen molar-refractivity contribution >= 4 is 22.6 Å². The maximum atomic E-state index is 13.8. The van der Waals surface area contributed by atoms with Gasteiger partial charge in [0.1, 0.15) is 11.3 Å². The molecule has 1 unspecified atom stereocenters. The number of carbonyl (C=O) groups is 1. The number of fused-ring (bicyclic) bond motifs is 2. The molecule has 1 amide bonds. The second-order valence-electron chi connectivity index (χ2n) is 9.62. The van der Waals surface area contributed by atoms with Gasteiger partial charge in [-0.25, -0.2) is 0 Å². The van der Waals surface area contributed by atoms with Crippen molar-refractivity contribution in [1.29, 1.82) is 0 Å². The average molecular weight is 514 g/mol. The predicted molar refractivity (Wildman–Crippen MR) is 147 cm³/mol. The van der Waals surface area contributed by atoms with Crippen molar-refractivity contribution in [2.45, 2.75) is 33.2 Å². The minimum Gasteiger partial charge on any atom is -0.494 e. The van der Waals surface area contributed by atoms with Crippen molar-refractivity contribution < 1.29 is 23.4 Å². The van der Waals surface area contributed by atoms with Crippen molar-refractivity contribution in [2.24, 2.45) is 5.92 Å². The topological polar surface area (TPSA) is 78.2 Å². The van der Waals surface area contributed by atoms with Gasteiger partial charge in [0.15, 0.2) is 16.9 Å². The van der Waals surface area contributed by atoms with Crippen LogP contribution in [0.25, 0.3) is 11.0 Å². The molecular weight excluding hydrogens is 482 g/mol. The minimum atomic E-state index is -0.713. The SMILES string of the molecule is CCOc1ccc(N2C(=O)c3oc4ccccc4c(=O)c3C2c2ccc(OCCC(C)C)c(OC)c2)cc1. The lowest BCUT2D eigenvalue weighted by Gasteiger charge is -2.26. The normalized spacial score (nSPS) is 14.7. The number of rotatable bonds is 9. The van der Waals surface area contributed by atoms with Gasteiger partial charge in [-0.05, 0) is 73.4 Å². The van der Waals surface area contributed by atoms with Crippen LogP contribution in [-0.4, -0.2) is 26.2 Å². The quantitative estimate of drug-likeness (QED) is 0.259. The molecule has 0 bridgehead atoms. The van der Waals surface area contributed by atoms with Crippen LogP contribution < -0.4 is 24.5 Å². The van der Waals surface area contributed by atoms with Gasteiger partial charge in [-0.15, -0.1) is 0 Å². The van der Waals surface area contributed by atoms with Gasteiger partial charge in [-0.2, -0.15) is 0 Å². The lowest BCUT2D eigenvalue weighted by atomic mass is 9.97. The molecule has 1 aliphatic heterocycles. The average Bonchev–Trinajstić information content (AvgIpc) is 3.21. The Labute approximate surface area is 221 Å². The predicted octanol–water partition coefficient (Wildman–Crippen LogP) is 6.38. The molecule has 0 saturated heterocycles. The summed E-state index contributed by atoms with van der Waals surface area (Å²) in [7, 11) is 1.58. The molecule has 196 valence electrons. The summed E-state index contributed by atoms with van der Waals surface area (Å²) in [5.41, 5.74) is 1.78. The molecule has 0 saturated carbocycles. The van der Waals surface area contributed by atoms with Gasteiger partial charge < -0.3 is 18.6 Å². The number of anilines is 1. The van der Waals surface area contributed by atoms with Gasteiger partial charge in [-0.1, -0.05) is 32.0 Å². The van der Waals surface area contributed by atoms with Crippen LogP contribution in [-0.2, 0) is 0 Å². The summed E-state index contributed by atoms with van der Waals surface area (Å²) in [6.45, 7) is 7.29. The highest BCUT2D eigenvalue weighted by molar-refractivity contribution is 6.10. The van der Waals surface area contributed by atoms with Gasteiger partial charge in [0.05, 0.1) is 37.3 Å². The number of carbonyl (C=O) groups excluding carboxylic acids is 1. The molecule has 7 nitrogen and oxygen atoms in total. The molecule has 0 spiro atoms. The molecule has 5 rings (SSSR count). The van der Waals surface area contributed by atoms with Gasteiger partial charge in [0, 0.05) is 5.69 Å². The summed E-state index contributed by atoms with van der Waals surface area (Å²) >= 11 is 0. The third-order valence-corrected chi connectivity index (χ3v) is 6.66. The van der Waals surface area contributed by atoms with Crippen LogP contribution in [0.1, 0.15) is 54.9 Å². The Kier molecular flexibility index (Phi) is 7.09. The van der Waals surface area contributed by atoms with E-state index in [4.69, 9.17) is 18.6 Å². The Balaban J connectivity index is 1.65. The Morgan fingerprint density at radius 2 is 1.71 bits per heavy atom. The van der Waals surface area contributed by atoms with E-state index in [9.17, 15) is 9.59 Å². The Bertz CT molecular complexity index is 1520. The standard InChI is InChI=1S/C31H31NO6/c1-5-36-22-13-11-21(12-14-22)32-28(20-10-15-25(26(18-20)35-4)37-17-16-19(2)3)27-29(33)23-8-6-7-9-24(23)38-30(27)31(32)34/h6-15,18-19,28H,5,16-17H2,1-4H3. The van der Waals surface area contributed by atoms with Crippen LogP contribution in [0.4, 0.5) is 5.69 Å². The van der Waals surface area contributed by atoms with E-state index in [0.29, 0.717) is 64.2 Å². The number of amides is 1. The lowest BCUT2D eigenvalue weighted by molar-refractivity contribution is 0.0971. The Morgan fingerprint density at radius 3 is 2.42 bits per heavy atom. The monoisotopic (exact) mass is 513 g/mol. The smallest absolute Gasteiger partial charge is 0.295 e. The van der Waals surface area contributed by atoms with E-state index in [1.54, 1.807) is 36.3 Å². The lowest BCUT2D eigenvalue weighted by Crippen LogP contribution is -2.29. The highest BCUT2D eigenvalue weighted by Crippen LogP contribution is 2.43. The zero-order chi connectivity index (χ0) is 26.8. The molecule has 38 heavy (non-hydrogen) atoms. The molecule has 0 fully saturated rings. The van der Waals surface area contributed by atoms with Gasteiger partial charge in [0.25, 0.3) is 5.91 Å². The Morgan fingerprint density at radius 1 is 0.947 bits per heavy atom. The van der Waals surface area contributed by atoms with Crippen molar-refractivity contribution in [1.82, 2.24) is 0 Å². The van der Waals surface area contributed by atoms with Crippen LogP contribution in [0.5, 0.6) is 17.2 Å². The fourth-order valence-electron chi connectivity index (χ4n) is 4.75. The molecule has 0 aliphatic carbocycles. The van der Waals surface area contributed by atoms with Crippen molar-refractivity contribution in [2.75, 3.05) is 25.2 Å². The molecule has 3 aromatic carbocycles. The van der Waals surface area contributed by atoms with E-state index in [-0.39, 0.29) is 17.1 Å². The van der Waals surface area contributed by atoms with Crippen molar-refractivity contribution in [3.8, 4) is 17.2 Å². The molecule has 7 heteroatoms. The van der Waals surface area contributed by atoms with E-state index in [1.807, 2.05) is 49.4 Å². The number of nitrogens with zero attached hydrogens (tertiary/aromatic N) is 1. The van der Waals surface area contributed by atoms with Crippen LogP contribution in [0.3, 0.4) is 0 Å². The van der Waals surface area contributed by atoms with Gasteiger partial charge in [0.2, 0.25) is 5.76 Å². The second kappa shape index (κ2) is 10.6. The molecule has 1 atom stereocenters. The third-order valence-electron chi connectivity index (χ3n) is 6.66. The van der Waals surface area contributed by atoms with Gasteiger partial charge in [-0.3, -0.25) is 14.5 Å². The summed E-state index contributed by atoms with van der Waals surface area (Å²) in [5, 5.41) is 0.429. The number of methoxy groups -OCH3 is 1. The molecule has 1 aromatic heterocycles. The molecular formula is C31H31NO6. The first-order valence-electron chi connectivity index (χ1n) is 12.9. The molecule has 1 aliphatic rings. The van der Waals surface area contributed by atoms with Crippen LogP contribution in [0.2, 0.25) is 0 Å². The summed E-state index contributed by atoms with van der Waals surface area (Å²) < 4.78 is 23.3. The Hall–Kier alpha value is -4.26. The van der Waals surface area contributed by atoms with E-state index >= 15 is 0 Å². The summed E-state index contributed by atoms with van der Waals surface area (Å²) in [5.74, 6) is 2.01. The van der Waals surface area contributed by atoms with Gasteiger partial charge >= 0.3 is 0 Å². The third kappa shape index (κ3) is 4.60. The maximum Gasteiger partial charge on any atom is 0.295 e. The van der Waals surface area contributed by atoms with E-state index in [1.165, 1.54) is 0 Å². The first-order chi connectivity index (χ1) is 18.4. The van der Waals surface area contributed by atoms with Crippen LogP contribution >= 0.6 is 0 Å². The van der Waals surface area contributed by atoms with Crippen LogP contribution in [0.15, 0.2) is 75.9 Å². The number of ether oxygens (including phenoxy) is 3. The largest absolute Gasteiger partial charge is 0.494 e. The summed E-state index contributed by atoms with van der Waals surface area (Å²) in [4.78, 5) is 29.2. The zero-order valence-corrected chi connectivity index (χ0v) is 22.0. The van der Waals surface area contributed by atoms with E-state index in [2.05, 4.69) is 13.8 Å². The zero-order valence-electron chi connectivity index (χ0n) is 22.0. The number of hydrogen-bond acceptors (Lipinski definition) is 6. The first kappa shape index (κ1) is 25.4. The van der Waals surface area contributed by atoms with Crippen molar-refractivity contribution in [3.63, 3.8) is 0 Å². The minimum absolute atomic E-state index is 0.0452. The molecule has 0 radical (unpaired) electrons. The number of benzene rings is 3. The number of para-hydroxylation sites is 1. The van der Waals surface area contributed by atoms with E-state index in [0.717, 1.165) is 6.42 Å². The molecule has 2 heterocycles. The summed E-state index contributed by atoms with van der Waals surface area (Å²) in [6, 6.07) is 19.0. The fourth-order valence-corrected chi connectivity index (χ4v) is 4.75. The number of hydrogen-bond donors (Lipinski definition) is 0. The molecule has 0 N–H and O–H groups in total. The van der Waals surface area contributed by atoms with Crippen LogP contribution in [0, 0.1) is 5.92 Å². The fraction of sp³-hybridized carbons (Fsp3) is 0.290. The van der Waals surface area contributed by atoms with Crippen molar-refractivity contribution in [3.05, 3.63) is 93.8 Å².